The minimum absolute atomic E-state index is 0.0402. The number of hydrogen-bond donors (Lipinski definition) is 3. The van der Waals surface area contributed by atoms with Gasteiger partial charge in [0.05, 0.1) is 6.07 Å². The number of nitrogens with one attached hydrogen (secondary N) is 2. The molecular weight excluding hydrogens is 428 g/mol. The molecule has 1 aromatic carbocycles. The van der Waals surface area contributed by atoms with E-state index < -0.39 is 41.1 Å². The first-order chi connectivity index (χ1) is 14.7. The molecule has 0 saturated heterocycles. The Balaban J connectivity index is 3.36. The summed E-state index contributed by atoms with van der Waals surface area (Å²) in [6.45, 7) is 12.1. The summed E-state index contributed by atoms with van der Waals surface area (Å²) in [5.41, 5.74) is 0.152. The molecule has 0 aliphatic heterocycles. The van der Waals surface area contributed by atoms with Gasteiger partial charge in [-0.1, -0.05) is 29.8 Å². The molecule has 0 bridgehead atoms. The van der Waals surface area contributed by atoms with Crippen molar-refractivity contribution in [3.05, 3.63) is 35.4 Å². The molecule has 9 heteroatoms. The molecule has 32 heavy (non-hydrogen) atoms. The molecule has 0 aliphatic rings. The van der Waals surface area contributed by atoms with Crippen LogP contribution in [0.3, 0.4) is 0 Å². The maximum atomic E-state index is 13.4. The van der Waals surface area contributed by atoms with Crippen molar-refractivity contribution in [3.8, 4) is 6.07 Å². The number of nitrogens with zero attached hydrogens (tertiary/aromatic N) is 2. The topological polar surface area (TPSA) is 112 Å². The monoisotopic (exact) mass is 462 g/mol. The van der Waals surface area contributed by atoms with Crippen LogP contribution < -0.4 is 10.6 Å². The van der Waals surface area contributed by atoms with Crippen molar-refractivity contribution >= 4 is 30.5 Å². The van der Waals surface area contributed by atoms with Crippen molar-refractivity contribution < 1.29 is 19.1 Å². The average molecular weight is 463 g/mol. The Morgan fingerprint density at radius 3 is 2.28 bits per heavy atom. The van der Waals surface area contributed by atoms with Gasteiger partial charge in [0.2, 0.25) is 11.8 Å². The smallest absolute Gasteiger partial charge is 0.408 e. The number of carbonyl (C=O) groups excluding carboxylic acids is 3. The van der Waals surface area contributed by atoms with Crippen LogP contribution in [0.5, 0.6) is 0 Å². The molecule has 0 saturated carbocycles. The lowest BCUT2D eigenvalue weighted by atomic mass is 9.99. The number of benzene rings is 1. The summed E-state index contributed by atoms with van der Waals surface area (Å²) in [4.78, 5) is 40.1. The lowest BCUT2D eigenvalue weighted by Gasteiger charge is -2.34. The third-order valence-electron chi connectivity index (χ3n) is 4.11. The Labute approximate surface area is 196 Å². The maximum absolute atomic E-state index is 13.4. The third-order valence-corrected chi connectivity index (χ3v) is 4.48. The number of amides is 3. The predicted octanol–water partition coefficient (Wildman–Crippen LogP) is 3.13. The van der Waals surface area contributed by atoms with Crippen LogP contribution in [0.2, 0.25) is 0 Å². The van der Waals surface area contributed by atoms with Crippen LogP contribution in [0, 0.1) is 18.3 Å². The fourth-order valence-electron chi connectivity index (χ4n) is 2.96. The lowest BCUT2D eigenvalue weighted by Crippen LogP contribution is -2.55. The van der Waals surface area contributed by atoms with Crippen LogP contribution in [0.25, 0.3) is 0 Å². The van der Waals surface area contributed by atoms with E-state index in [0.717, 1.165) is 10.5 Å². The highest BCUT2D eigenvalue weighted by atomic mass is 32.1. The molecule has 3 amide bonds. The summed E-state index contributed by atoms with van der Waals surface area (Å²) in [6.07, 6.45) is -0.784. The Morgan fingerprint density at radius 1 is 1.19 bits per heavy atom. The second kappa shape index (κ2) is 11.2. The molecule has 0 spiro atoms. The van der Waals surface area contributed by atoms with Crippen LogP contribution in [0.15, 0.2) is 24.3 Å². The van der Waals surface area contributed by atoms with Gasteiger partial charge in [0.1, 0.15) is 24.2 Å². The number of alkyl carbamates (subject to hydrolysis) is 1. The molecule has 0 fully saturated rings. The first-order valence-corrected chi connectivity index (χ1v) is 11.0. The SMILES string of the molecule is Cc1cccc(C(C(=O)NC(C)(C)C)N(CC#N)C(=O)C(CS)NC(=O)OC(C)(C)C)c1. The van der Waals surface area contributed by atoms with E-state index >= 15 is 0 Å². The molecule has 0 radical (unpaired) electrons. The number of thiol groups is 1. The van der Waals surface area contributed by atoms with Gasteiger partial charge < -0.3 is 20.3 Å². The van der Waals surface area contributed by atoms with Crippen LogP contribution in [0.4, 0.5) is 4.79 Å². The normalized spacial score (nSPS) is 13.3. The number of nitriles is 1. The predicted molar refractivity (Wildman–Crippen MR) is 126 cm³/mol. The Morgan fingerprint density at radius 2 is 1.81 bits per heavy atom. The van der Waals surface area contributed by atoms with Gasteiger partial charge in [0, 0.05) is 11.3 Å². The summed E-state index contributed by atoms with van der Waals surface area (Å²) in [5, 5.41) is 14.8. The third kappa shape index (κ3) is 8.79. The van der Waals surface area contributed by atoms with Crippen molar-refractivity contribution in [2.75, 3.05) is 12.3 Å². The Kier molecular flexibility index (Phi) is 9.58. The van der Waals surface area contributed by atoms with Crippen molar-refractivity contribution in [3.63, 3.8) is 0 Å². The van der Waals surface area contributed by atoms with E-state index in [1.54, 1.807) is 39.0 Å². The highest BCUT2D eigenvalue weighted by molar-refractivity contribution is 7.80. The molecule has 0 heterocycles. The van der Waals surface area contributed by atoms with Gasteiger partial charge in [0.15, 0.2) is 0 Å². The fraction of sp³-hybridized carbons (Fsp3) is 0.565. The zero-order chi connectivity index (χ0) is 24.7. The minimum Gasteiger partial charge on any atom is -0.444 e. The van der Waals surface area contributed by atoms with E-state index in [1.165, 1.54) is 0 Å². The first kappa shape index (κ1) is 27.3. The largest absolute Gasteiger partial charge is 0.444 e. The molecule has 2 atom stereocenters. The summed E-state index contributed by atoms with van der Waals surface area (Å²) in [5.74, 6) is -1.08. The molecule has 2 unspecified atom stereocenters. The summed E-state index contributed by atoms with van der Waals surface area (Å²) >= 11 is 4.20. The van der Waals surface area contributed by atoms with Gasteiger partial charge in [-0.15, -0.1) is 0 Å². The number of ether oxygens (including phenoxy) is 1. The first-order valence-electron chi connectivity index (χ1n) is 10.3. The van der Waals surface area contributed by atoms with E-state index in [1.807, 2.05) is 39.8 Å². The number of aryl methyl sites for hydroxylation is 1. The zero-order valence-electron chi connectivity index (χ0n) is 19.9. The van der Waals surface area contributed by atoms with Crippen molar-refractivity contribution in [2.45, 2.75) is 71.7 Å². The minimum atomic E-state index is -1.09. The number of hydrogen-bond acceptors (Lipinski definition) is 6. The molecule has 0 aliphatic carbocycles. The Bertz CT molecular complexity index is 868. The van der Waals surface area contributed by atoms with E-state index in [2.05, 4.69) is 23.3 Å². The van der Waals surface area contributed by atoms with E-state index in [0.29, 0.717) is 5.56 Å². The van der Waals surface area contributed by atoms with E-state index in [-0.39, 0.29) is 12.3 Å². The molecule has 0 aromatic heterocycles. The quantitative estimate of drug-likeness (QED) is 0.426. The van der Waals surface area contributed by atoms with Crippen molar-refractivity contribution in [1.82, 2.24) is 15.5 Å². The standard InChI is InChI=1S/C23H34N4O4S/c1-15-9-8-10-16(13-15)18(19(28)26-22(2,3)4)27(12-11-24)20(29)17(14-32)25-21(30)31-23(5,6)7/h8-10,13,17-18,32H,12,14H2,1-7H3,(H,25,30)(H,26,28). The molecule has 1 aromatic rings. The van der Waals surface area contributed by atoms with Crippen LogP contribution in [-0.2, 0) is 14.3 Å². The fourth-order valence-corrected chi connectivity index (χ4v) is 3.21. The molecular formula is C23H34N4O4S. The van der Waals surface area contributed by atoms with Gasteiger partial charge in [-0.25, -0.2) is 4.79 Å². The summed E-state index contributed by atoms with van der Waals surface area (Å²) < 4.78 is 5.24. The highest BCUT2D eigenvalue weighted by Gasteiger charge is 2.36. The Hall–Kier alpha value is -2.73. The van der Waals surface area contributed by atoms with Gasteiger partial charge in [-0.3, -0.25) is 9.59 Å². The highest BCUT2D eigenvalue weighted by Crippen LogP contribution is 2.24. The van der Waals surface area contributed by atoms with Gasteiger partial charge in [-0.05, 0) is 54.0 Å². The van der Waals surface area contributed by atoms with Crippen molar-refractivity contribution in [1.29, 1.82) is 5.26 Å². The number of carbonyl (C=O) groups is 3. The van der Waals surface area contributed by atoms with Crippen LogP contribution in [-0.4, -0.2) is 52.3 Å². The molecule has 1 rings (SSSR count). The van der Waals surface area contributed by atoms with Crippen molar-refractivity contribution in [2.24, 2.45) is 0 Å². The molecule has 2 N–H and O–H groups in total. The van der Waals surface area contributed by atoms with Crippen LogP contribution >= 0.6 is 12.6 Å². The second-order valence-corrected chi connectivity index (χ2v) is 9.93. The van der Waals surface area contributed by atoms with E-state index in [9.17, 15) is 19.6 Å². The average Bonchev–Trinajstić information content (AvgIpc) is 2.62. The van der Waals surface area contributed by atoms with Crippen LogP contribution in [0.1, 0.15) is 58.7 Å². The lowest BCUT2D eigenvalue weighted by molar-refractivity contribution is -0.141. The molecule has 8 nitrogen and oxygen atoms in total. The second-order valence-electron chi connectivity index (χ2n) is 9.56. The van der Waals surface area contributed by atoms with E-state index in [4.69, 9.17) is 4.74 Å². The maximum Gasteiger partial charge on any atom is 0.408 e. The van der Waals surface area contributed by atoms with Gasteiger partial charge in [-0.2, -0.15) is 17.9 Å². The summed E-state index contributed by atoms with van der Waals surface area (Å²) in [6, 6.07) is 6.99. The van der Waals surface area contributed by atoms with Gasteiger partial charge in [0.25, 0.3) is 0 Å². The van der Waals surface area contributed by atoms with Gasteiger partial charge >= 0.3 is 6.09 Å². The molecule has 176 valence electrons. The number of rotatable bonds is 7. The zero-order valence-corrected chi connectivity index (χ0v) is 20.7. The summed E-state index contributed by atoms with van der Waals surface area (Å²) in [7, 11) is 0.